The minimum Gasteiger partial charge on any atom is -0.236 e. The monoisotopic (exact) mass is 464 g/mol. The normalized spacial score (nSPS) is 12.3. The Morgan fingerprint density at radius 1 is 0.600 bits per heavy atom. The number of rotatable bonds is 6. The molecule has 0 bridgehead atoms. The van der Waals surface area contributed by atoms with E-state index in [1.165, 1.54) is 12.1 Å². The van der Waals surface area contributed by atoms with Gasteiger partial charge in [-0.05, 0) is 36.4 Å². The van der Waals surface area contributed by atoms with Gasteiger partial charge in [-0.2, -0.15) is 16.8 Å². The van der Waals surface area contributed by atoms with Gasteiger partial charge in [0.05, 0.1) is 9.79 Å². The quantitative estimate of drug-likeness (QED) is 0.465. The zero-order chi connectivity index (χ0) is 18.8. The highest BCUT2D eigenvalue weighted by Gasteiger charge is 2.21. The van der Waals surface area contributed by atoms with Crippen molar-refractivity contribution in [3.8, 4) is 0 Å². The number of benzene rings is 2. The van der Waals surface area contributed by atoms with Gasteiger partial charge in [0.25, 0.3) is 20.2 Å². The molecule has 0 aliphatic rings. The highest BCUT2D eigenvalue weighted by atomic mass is 35.5. The molecule has 0 heterocycles. The first kappa shape index (κ1) is 20.7. The van der Waals surface area contributed by atoms with Gasteiger partial charge in [-0.25, -0.2) is 8.37 Å². The van der Waals surface area contributed by atoms with Crippen LogP contribution in [0.25, 0.3) is 0 Å². The molecule has 0 saturated heterocycles. The molecule has 0 aromatic heterocycles. The first-order valence-electron chi connectivity index (χ1n) is 6.21. The molecule has 2 aromatic rings. The molecule has 136 valence electrons. The average Bonchev–Trinajstić information content (AvgIpc) is 2.44. The lowest BCUT2D eigenvalue weighted by atomic mass is 10.4. The largest absolute Gasteiger partial charge is 0.299 e. The number of hydrogen-bond donors (Lipinski definition) is 0. The zero-order valence-corrected chi connectivity index (χ0v) is 16.6. The maximum atomic E-state index is 12.0. The topological polar surface area (TPSA) is 86.7 Å². The molecule has 25 heavy (non-hydrogen) atoms. The lowest BCUT2D eigenvalue weighted by Crippen LogP contribution is -2.14. The maximum absolute atomic E-state index is 12.0. The van der Waals surface area contributed by atoms with Gasteiger partial charge in [0, 0.05) is 20.1 Å². The Morgan fingerprint density at radius 3 is 1.16 bits per heavy atom. The molecule has 0 amide bonds. The van der Waals surface area contributed by atoms with Crippen LogP contribution in [-0.2, 0) is 28.6 Å². The van der Waals surface area contributed by atoms with Gasteiger partial charge in [-0.3, -0.25) is 0 Å². The van der Waals surface area contributed by atoms with Gasteiger partial charge in [0.1, 0.15) is 0 Å². The predicted octanol–water partition coefficient (Wildman–Crippen LogP) is 4.37. The van der Waals surface area contributed by atoms with E-state index in [4.69, 9.17) is 46.4 Å². The molecule has 0 saturated carbocycles. The summed E-state index contributed by atoms with van der Waals surface area (Å²) < 4.78 is 57.1. The summed E-state index contributed by atoms with van der Waals surface area (Å²) >= 11 is 22.9. The van der Waals surface area contributed by atoms with Crippen molar-refractivity contribution >= 4 is 66.6 Å². The van der Waals surface area contributed by atoms with Crippen molar-refractivity contribution in [1.29, 1.82) is 0 Å². The Morgan fingerprint density at radius 2 is 0.880 bits per heavy atom. The van der Waals surface area contributed by atoms with E-state index >= 15 is 0 Å². The summed E-state index contributed by atoms with van der Waals surface area (Å²) in [6, 6.07) is 7.02. The van der Waals surface area contributed by atoms with Crippen molar-refractivity contribution < 1.29 is 25.2 Å². The molecule has 2 rings (SSSR count). The first-order chi connectivity index (χ1) is 11.5. The van der Waals surface area contributed by atoms with Gasteiger partial charge in [-0.1, -0.05) is 46.4 Å². The Bertz CT molecular complexity index is 883. The van der Waals surface area contributed by atoms with Crippen LogP contribution in [0.3, 0.4) is 0 Å². The molecule has 2 aromatic carbocycles. The summed E-state index contributed by atoms with van der Waals surface area (Å²) in [7, 11) is -8.67. The lowest BCUT2D eigenvalue weighted by Gasteiger charge is -2.08. The summed E-state index contributed by atoms with van der Waals surface area (Å²) in [5, 5.41) is 0.266. The van der Waals surface area contributed by atoms with E-state index in [2.05, 4.69) is 8.37 Å². The molecule has 12 heteroatoms. The molecule has 0 atom stereocenters. The van der Waals surface area contributed by atoms with Crippen molar-refractivity contribution in [3.05, 3.63) is 56.5 Å². The molecular weight excluding hydrogens is 458 g/mol. The van der Waals surface area contributed by atoms with Crippen molar-refractivity contribution in [3.63, 3.8) is 0 Å². The standard InChI is InChI=1S/C13H8Cl4O6S2/c14-8-1-9(15)4-12(3-8)24(18,19)22-7-23-25(20,21)13-5-10(16)2-11(17)6-13/h1-6H,7H2. The highest BCUT2D eigenvalue weighted by molar-refractivity contribution is 7.87. The van der Waals surface area contributed by atoms with Crippen LogP contribution in [0.4, 0.5) is 0 Å². The van der Waals surface area contributed by atoms with Gasteiger partial charge < -0.3 is 0 Å². The molecule has 0 aliphatic carbocycles. The second kappa shape index (κ2) is 7.98. The van der Waals surface area contributed by atoms with E-state index in [1.807, 2.05) is 0 Å². The van der Waals surface area contributed by atoms with Crippen molar-refractivity contribution in [2.24, 2.45) is 0 Å². The van der Waals surface area contributed by atoms with Crippen molar-refractivity contribution in [2.75, 3.05) is 6.79 Å². The maximum Gasteiger partial charge on any atom is 0.299 e. The van der Waals surface area contributed by atoms with E-state index in [-0.39, 0.29) is 29.9 Å². The van der Waals surface area contributed by atoms with Gasteiger partial charge >= 0.3 is 0 Å². The second-order valence-electron chi connectivity index (χ2n) is 4.47. The van der Waals surface area contributed by atoms with Gasteiger partial charge in [0.2, 0.25) is 0 Å². The fourth-order valence-electron chi connectivity index (χ4n) is 1.63. The Hall–Kier alpha value is -0.580. The summed E-state index contributed by atoms with van der Waals surface area (Å²) in [4.78, 5) is -0.700. The SMILES string of the molecule is O=S(=O)(OCOS(=O)(=O)c1cc(Cl)cc(Cl)c1)c1cc(Cl)cc(Cl)c1. The van der Waals surface area contributed by atoms with Crippen LogP contribution in [0.2, 0.25) is 20.1 Å². The third-order valence-electron chi connectivity index (χ3n) is 2.66. The average molecular weight is 466 g/mol. The van der Waals surface area contributed by atoms with Crippen LogP contribution in [0.5, 0.6) is 0 Å². The second-order valence-corrected chi connectivity index (χ2v) is 9.45. The van der Waals surface area contributed by atoms with E-state index in [0.717, 1.165) is 24.3 Å². The van der Waals surface area contributed by atoms with E-state index in [0.29, 0.717) is 0 Å². The van der Waals surface area contributed by atoms with Gasteiger partial charge in [0.15, 0.2) is 6.79 Å². The lowest BCUT2D eigenvalue weighted by molar-refractivity contribution is 0.132. The van der Waals surface area contributed by atoms with Crippen molar-refractivity contribution in [2.45, 2.75) is 9.79 Å². The van der Waals surface area contributed by atoms with E-state index < -0.39 is 27.0 Å². The van der Waals surface area contributed by atoms with E-state index in [9.17, 15) is 16.8 Å². The fourth-order valence-corrected chi connectivity index (χ4v) is 4.71. The first-order valence-corrected chi connectivity index (χ1v) is 10.5. The van der Waals surface area contributed by atoms with E-state index in [1.54, 1.807) is 0 Å². The summed E-state index contributed by atoms with van der Waals surface area (Å²) in [5.74, 6) is 0. The third kappa shape index (κ3) is 5.70. The molecule has 0 N–H and O–H groups in total. The van der Waals surface area contributed by atoms with Crippen LogP contribution in [0.15, 0.2) is 46.2 Å². The Labute approximate surface area is 164 Å². The molecule has 0 unspecified atom stereocenters. The highest BCUT2D eigenvalue weighted by Crippen LogP contribution is 2.25. The smallest absolute Gasteiger partial charge is 0.236 e. The fraction of sp³-hybridized carbons (Fsp3) is 0.0769. The van der Waals surface area contributed by atoms with Crippen LogP contribution < -0.4 is 0 Å². The van der Waals surface area contributed by atoms with Crippen LogP contribution >= 0.6 is 46.4 Å². The van der Waals surface area contributed by atoms with Crippen molar-refractivity contribution in [1.82, 2.24) is 0 Å². The molecule has 0 aliphatic heterocycles. The summed E-state index contributed by atoms with van der Waals surface area (Å²) in [6.07, 6.45) is 0. The third-order valence-corrected chi connectivity index (χ3v) is 5.97. The Balaban J connectivity index is 2.13. The van der Waals surface area contributed by atoms with Gasteiger partial charge in [-0.15, -0.1) is 0 Å². The number of hydrogen-bond acceptors (Lipinski definition) is 6. The predicted molar refractivity (Wildman–Crippen MR) is 94.3 cm³/mol. The molecule has 0 radical (unpaired) electrons. The minimum absolute atomic E-state index is 0.0665. The number of halogens is 4. The summed E-state index contributed by atoms with van der Waals surface area (Å²) in [6.45, 7) is -1.10. The molecular formula is C13H8Cl4O6S2. The van der Waals surface area contributed by atoms with Crippen LogP contribution in [-0.4, -0.2) is 23.6 Å². The van der Waals surface area contributed by atoms with Crippen LogP contribution in [0, 0.1) is 0 Å². The van der Waals surface area contributed by atoms with Crippen LogP contribution in [0.1, 0.15) is 0 Å². The molecule has 0 fully saturated rings. The molecule has 6 nitrogen and oxygen atoms in total. The minimum atomic E-state index is -4.34. The molecule has 0 spiro atoms. The Kier molecular flexibility index (Phi) is 6.61. The summed E-state index contributed by atoms with van der Waals surface area (Å²) in [5.41, 5.74) is 0. The zero-order valence-electron chi connectivity index (χ0n) is 11.9.